The molecule has 112 valence electrons. The van der Waals surface area contributed by atoms with E-state index >= 15 is 0 Å². The van der Waals surface area contributed by atoms with Gasteiger partial charge in [0.1, 0.15) is 0 Å². The summed E-state index contributed by atoms with van der Waals surface area (Å²) in [6, 6.07) is 8.74. The maximum atomic E-state index is 12.8. The van der Waals surface area contributed by atoms with Gasteiger partial charge in [0.15, 0.2) is 0 Å². The number of nitrogens with one attached hydrogen (secondary N) is 1. The summed E-state index contributed by atoms with van der Waals surface area (Å²) in [5, 5.41) is 2.81. The van der Waals surface area contributed by atoms with Crippen molar-refractivity contribution in [2.75, 3.05) is 6.54 Å². The van der Waals surface area contributed by atoms with E-state index in [0.717, 1.165) is 12.8 Å². The Balaban J connectivity index is 1.69. The van der Waals surface area contributed by atoms with Gasteiger partial charge in [-0.3, -0.25) is 9.59 Å². The van der Waals surface area contributed by atoms with Crippen molar-refractivity contribution in [3.63, 3.8) is 0 Å². The number of carbonyl (C=O) groups excluding carboxylic acids is 2. The first-order chi connectivity index (χ1) is 10.1. The van der Waals surface area contributed by atoms with E-state index in [0.29, 0.717) is 32.0 Å². The standard InChI is InChI=1S/C17H22N2O2/c1-12-3-2-4-13(9-12)11-19(15-6-7-15)17(21)14-5-8-16(20)18-10-14/h2-4,9,14-15H,5-8,10-11H2,1H3,(H,18,20). The molecule has 1 unspecified atom stereocenters. The Hall–Kier alpha value is -1.84. The number of amides is 2. The van der Waals surface area contributed by atoms with Crippen LogP contribution >= 0.6 is 0 Å². The molecule has 0 spiro atoms. The highest BCUT2D eigenvalue weighted by Gasteiger charge is 2.36. The van der Waals surface area contributed by atoms with Crippen LogP contribution in [0.3, 0.4) is 0 Å². The summed E-state index contributed by atoms with van der Waals surface area (Å²) in [6.07, 6.45) is 3.37. The molecule has 1 saturated carbocycles. The van der Waals surface area contributed by atoms with Gasteiger partial charge in [0, 0.05) is 25.6 Å². The van der Waals surface area contributed by atoms with E-state index in [2.05, 4.69) is 30.4 Å². The zero-order chi connectivity index (χ0) is 14.8. The van der Waals surface area contributed by atoms with Gasteiger partial charge in [-0.1, -0.05) is 29.8 Å². The molecule has 0 bridgehead atoms. The van der Waals surface area contributed by atoms with Gasteiger partial charge in [-0.2, -0.15) is 0 Å². The lowest BCUT2D eigenvalue weighted by atomic mass is 9.97. The van der Waals surface area contributed by atoms with Crippen molar-refractivity contribution in [1.29, 1.82) is 0 Å². The van der Waals surface area contributed by atoms with E-state index < -0.39 is 0 Å². The van der Waals surface area contributed by atoms with Crippen molar-refractivity contribution < 1.29 is 9.59 Å². The molecule has 1 aromatic carbocycles. The van der Waals surface area contributed by atoms with Crippen molar-refractivity contribution in [2.45, 2.75) is 45.2 Å². The molecule has 1 N–H and O–H groups in total. The van der Waals surface area contributed by atoms with Crippen molar-refractivity contribution in [1.82, 2.24) is 10.2 Å². The van der Waals surface area contributed by atoms with Gasteiger partial charge in [-0.25, -0.2) is 0 Å². The fourth-order valence-corrected chi connectivity index (χ4v) is 2.96. The van der Waals surface area contributed by atoms with Gasteiger partial charge in [-0.15, -0.1) is 0 Å². The van der Waals surface area contributed by atoms with Crippen molar-refractivity contribution >= 4 is 11.8 Å². The summed E-state index contributed by atoms with van der Waals surface area (Å²) < 4.78 is 0. The highest BCUT2D eigenvalue weighted by Crippen LogP contribution is 2.31. The van der Waals surface area contributed by atoms with Crippen LogP contribution in [0.1, 0.15) is 36.8 Å². The minimum absolute atomic E-state index is 0.0480. The molecule has 3 rings (SSSR count). The molecule has 1 aliphatic heterocycles. The largest absolute Gasteiger partial charge is 0.355 e. The summed E-state index contributed by atoms with van der Waals surface area (Å²) in [4.78, 5) is 26.0. The van der Waals surface area contributed by atoms with Crippen LogP contribution in [0.15, 0.2) is 24.3 Å². The van der Waals surface area contributed by atoms with Crippen LogP contribution in [-0.4, -0.2) is 29.3 Å². The Morgan fingerprint density at radius 2 is 2.14 bits per heavy atom. The average molecular weight is 286 g/mol. The summed E-state index contributed by atoms with van der Waals surface area (Å²) in [7, 11) is 0. The molecule has 4 nitrogen and oxygen atoms in total. The van der Waals surface area contributed by atoms with Crippen molar-refractivity contribution in [3.8, 4) is 0 Å². The van der Waals surface area contributed by atoms with Crippen LogP contribution in [0.25, 0.3) is 0 Å². The van der Waals surface area contributed by atoms with E-state index in [-0.39, 0.29) is 17.7 Å². The van der Waals surface area contributed by atoms with Gasteiger partial charge in [0.05, 0.1) is 5.92 Å². The molecular formula is C17H22N2O2. The minimum atomic E-state index is -0.0480. The van der Waals surface area contributed by atoms with E-state index in [4.69, 9.17) is 0 Å². The fraction of sp³-hybridized carbons (Fsp3) is 0.529. The summed E-state index contributed by atoms with van der Waals surface area (Å²) in [5.74, 6) is 0.225. The summed E-state index contributed by atoms with van der Waals surface area (Å²) >= 11 is 0. The molecule has 2 amide bonds. The SMILES string of the molecule is Cc1cccc(CN(C(=O)C2CCC(=O)NC2)C2CC2)c1. The highest BCUT2D eigenvalue weighted by atomic mass is 16.2. The molecular weight excluding hydrogens is 264 g/mol. The Kier molecular flexibility index (Phi) is 3.95. The van der Waals surface area contributed by atoms with Crippen LogP contribution in [0, 0.1) is 12.8 Å². The number of aryl methyl sites for hydroxylation is 1. The van der Waals surface area contributed by atoms with Gasteiger partial charge in [-0.05, 0) is 31.7 Å². The Bertz CT molecular complexity index is 541. The predicted molar refractivity (Wildman–Crippen MR) is 80.5 cm³/mol. The van der Waals surface area contributed by atoms with Crippen molar-refractivity contribution in [3.05, 3.63) is 35.4 Å². The number of rotatable bonds is 4. The molecule has 0 radical (unpaired) electrons. The van der Waals surface area contributed by atoms with Gasteiger partial charge >= 0.3 is 0 Å². The molecule has 2 fully saturated rings. The lowest BCUT2D eigenvalue weighted by Crippen LogP contribution is -2.45. The first kappa shape index (κ1) is 14.1. The van der Waals surface area contributed by atoms with Crippen LogP contribution < -0.4 is 5.32 Å². The topological polar surface area (TPSA) is 49.4 Å². The third-order valence-corrected chi connectivity index (χ3v) is 4.32. The average Bonchev–Trinajstić information content (AvgIpc) is 3.29. The monoisotopic (exact) mass is 286 g/mol. The molecule has 1 heterocycles. The molecule has 1 aromatic rings. The fourth-order valence-electron chi connectivity index (χ4n) is 2.96. The van der Waals surface area contributed by atoms with E-state index in [9.17, 15) is 9.59 Å². The third kappa shape index (κ3) is 3.43. The molecule has 2 aliphatic rings. The maximum absolute atomic E-state index is 12.8. The Labute approximate surface area is 125 Å². The van der Waals surface area contributed by atoms with Crippen LogP contribution in [0.2, 0.25) is 0 Å². The second-order valence-corrected chi connectivity index (χ2v) is 6.23. The quantitative estimate of drug-likeness (QED) is 0.920. The zero-order valence-electron chi connectivity index (χ0n) is 12.5. The highest BCUT2D eigenvalue weighted by molar-refractivity contribution is 5.84. The molecule has 0 aromatic heterocycles. The first-order valence-electron chi connectivity index (χ1n) is 7.76. The Morgan fingerprint density at radius 3 is 2.76 bits per heavy atom. The number of nitrogens with zero attached hydrogens (tertiary/aromatic N) is 1. The summed E-state index contributed by atoms with van der Waals surface area (Å²) in [6.45, 7) is 3.26. The predicted octanol–water partition coefficient (Wildman–Crippen LogP) is 2.01. The van der Waals surface area contributed by atoms with Gasteiger partial charge in [0.25, 0.3) is 0 Å². The van der Waals surface area contributed by atoms with E-state index in [1.54, 1.807) is 0 Å². The molecule has 21 heavy (non-hydrogen) atoms. The van der Waals surface area contributed by atoms with Crippen LogP contribution in [0.4, 0.5) is 0 Å². The van der Waals surface area contributed by atoms with Gasteiger partial charge in [0.2, 0.25) is 11.8 Å². The van der Waals surface area contributed by atoms with E-state index in [1.807, 2.05) is 11.0 Å². The normalized spacial score (nSPS) is 21.8. The van der Waals surface area contributed by atoms with Crippen LogP contribution in [-0.2, 0) is 16.1 Å². The summed E-state index contributed by atoms with van der Waals surface area (Å²) in [5.41, 5.74) is 2.41. The maximum Gasteiger partial charge on any atom is 0.228 e. The molecule has 1 atom stereocenters. The number of carbonyl (C=O) groups is 2. The lowest BCUT2D eigenvalue weighted by molar-refractivity contribution is -0.138. The first-order valence-corrected chi connectivity index (χ1v) is 7.76. The lowest BCUT2D eigenvalue weighted by Gasteiger charge is -2.29. The second kappa shape index (κ2) is 5.88. The van der Waals surface area contributed by atoms with E-state index in [1.165, 1.54) is 11.1 Å². The third-order valence-electron chi connectivity index (χ3n) is 4.32. The number of benzene rings is 1. The zero-order valence-corrected chi connectivity index (χ0v) is 12.5. The van der Waals surface area contributed by atoms with Crippen molar-refractivity contribution in [2.24, 2.45) is 5.92 Å². The van der Waals surface area contributed by atoms with Crippen LogP contribution in [0.5, 0.6) is 0 Å². The molecule has 1 aliphatic carbocycles. The molecule has 4 heteroatoms. The smallest absolute Gasteiger partial charge is 0.228 e. The number of hydrogen-bond acceptors (Lipinski definition) is 2. The minimum Gasteiger partial charge on any atom is -0.355 e. The van der Waals surface area contributed by atoms with Gasteiger partial charge < -0.3 is 10.2 Å². The number of hydrogen-bond donors (Lipinski definition) is 1. The number of piperidine rings is 1. The second-order valence-electron chi connectivity index (χ2n) is 6.23. The molecule has 1 saturated heterocycles. The Morgan fingerprint density at radius 1 is 1.33 bits per heavy atom.